The maximum absolute atomic E-state index is 9.66. The van der Waals surface area contributed by atoms with Crippen molar-refractivity contribution in [1.29, 1.82) is 5.26 Å². The summed E-state index contributed by atoms with van der Waals surface area (Å²) in [6, 6.07) is 61.0. The van der Waals surface area contributed by atoms with Crippen LogP contribution in [0.4, 0.5) is 5.69 Å². The topological polar surface area (TPSA) is 51.1 Å². The van der Waals surface area contributed by atoms with Gasteiger partial charge in [-0.3, -0.25) is 0 Å². The molecular weight excluding hydrogens is 673 g/mol. The summed E-state index contributed by atoms with van der Waals surface area (Å²) < 4.78 is 11.0. The molecule has 11 aromatic rings. The van der Waals surface area contributed by atoms with E-state index >= 15 is 0 Å². The van der Waals surface area contributed by atoms with Gasteiger partial charge in [-0.15, -0.1) is 0 Å². The summed E-state index contributed by atoms with van der Waals surface area (Å²) in [6.07, 6.45) is 0. The van der Waals surface area contributed by atoms with Gasteiger partial charge in [0.15, 0.2) is 5.69 Å². The predicted octanol–water partition coefficient (Wildman–Crippen LogP) is 13.5. The van der Waals surface area contributed by atoms with Crippen LogP contribution in [-0.4, -0.2) is 9.13 Å². The molecule has 8 aromatic carbocycles. The third-order valence-corrected chi connectivity index (χ3v) is 10.9. The molecular formula is C50H28N4O. The number of fused-ring (bicyclic) bond motifs is 10. The van der Waals surface area contributed by atoms with Crippen molar-refractivity contribution in [2.24, 2.45) is 0 Å². The summed E-state index contributed by atoms with van der Waals surface area (Å²) in [4.78, 5) is 3.77. The highest BCUT2D eigenvalue weighted by Gasteiger charge is 2.20. The van der Waals surface area contributed by atoms with Crippen molar-refractivity contribution in [2.75, 3.05) is 0 Å². The molecule has 0 N–H and O–H groups in total. The molecule has 0 aliphatic rings. The van der Waals surface area contributed by atoms with E-state index in [-0.39, 0.29) is 0 Å². The number of nitriles is 1. The third kappa shape index (κ3) is 4.58. The summed E-state index contributed by atoms with van der Waals surface area (Å²) >= 11 is 0. The minimum atomic E-state index is 0.612. The van der Waals surface area contributed by atoms with Gasteiger partial charge in [-0.05, 0) is 107 Å². The highest BCUT2D eigenvalue weighted by molar-refractivity contribution is 6.24. The van der Waals surface area contributed by atoms with Crippen LogP contribution >= 0.6 is 0 Å². The van der Waals surface area contributed by atoms with Crippen molar-refractivity contribution < 1.29 is 4.42 Å². The Morgan fingerprint density at radius 2 is 1.13 bits per heavy atom. The summed E-state index contributed by atoms with van der Waals surface area (Å²) in [5, 5.41) is 16.1. The molecule has 0 radical (unpaired) electrons. The molecule has 3 aromatic heterocycles. The van der Waals surface area contributed by atoms with E-state index in [4.69, 9.17) is 11.0 Å². The van der Waals surface area contributed by atoms with Crippen LogP contribution in [0, 0.1) is 17.9 Å². The third-order valence-electron chi connectivity index (χ3n) is 10.9. The highest BCUT2D eigenvalue weighted by atomic mass is 16.3. The second-order valence-corrected chi connectivity index (χ2v) is 13.9. The Kier molecular flexibility index (Phi) is 6.61. The first kappa shape index (κ1) is 30.7. The molecule has 55 heavy (non-hydrogen) atoms. The maximum atomic E-state index is 9.66. The Morgan fingerprint density at radius 1 is 0.491 bits per heavy atom. The van der Waals surface area contributed by atoms with Crippen LogP contribution in [0.5, 0.6) is 0 Å². The quantitative estimate of drug-likeness (QED) is 0.172. The van der Waals surface area contributed by atoms with Gasteiger partial charge in [-0.1, -0.05) is 91.0 Å². The lowest BCUT2D eigenvalue weighted by Gasteiger charge is -2.15. The second kappa shape index (κ2) is 11.8. The van der Waals surface area contributed by atoms with E-state index in [1.165, 1.54) is 0 Å². The predicted molar refractivity (Wildman–Crippen MR) is 224 cm³/mol. The summed E-state index contributed by atoms with van der Waals surface area (Å²) in [5.74, 6) is 0. The fourth-order valence-corrected chi connectivity index (χ4v) is 8.57. The molecule has 0 spiro atoms. The normalized spacial score (nSPS) is 11.6. The van der Waals surface area contributed by atoms with Gasteiger partial charge in [0, 0.05) is 32.9 Å². The van der Waals surface area contributed by atoms with E-state index in [1.807, 2.05) is 36.4 Å². The largest absolute Gasteiger partial charge is 0.456 e. The lowest BCUT2D eigenvalue weighted by Crippen LogP contribution is -1.96. The number of para-hydroxylation sites is 2. The van der Waals surface area contributed by atoms with Gasteiger partial charge in [0.1, 0.15) is 11.2 Å². The Morgan fingerprint density at radius 3 is 1.89 bits per heavy atom. The first-order valence-corrected chi connectivity index (χ1v) is 18.2. The van der Waals surface area contributed by atoms with E-state index in [2.05, 4.69) is 154 Å². The Bertz CT molecular complexity index is 3470. The van der Waals surface area contributed by atoms with Crippen LogP contribution in [0.25, 0.3) is 104 Å². The van der Waals surface area contributed by atoms with Gasteiger partial charge in [-0.25, -0.2) is 4.85 Å². The van der Waals surface area contributed by atoms with Crippen LogP contribution < -0.4 is 0 Å². The molecule has 0 amide bonds. The monoisotopic (exact) mass is 700 g/mol. The second-order valence-electron chi connectivity index (χ2n) is 13.9. The van der Waals surface area contributed by atoms with Gasteiger partial charge in [0.05, 0.1) is 45.7 Å². The molecule has 5 nitrogen and oxygen atoms in total. The molecule has 0 unspecified atom stereocenters. The first-order valence-electron chi connectivity index (χ1n) is 18.2. The van der Waals surface area contributed by atoms with Crippen molar-refractivity contribution >= 4 is 71.2 Å². The molecule has 0 fully saturated rings. The highest BCUT2D eigenvalue weighted by Crippen LogP contribution is 2.43. The number of nitrogens with zero attached hydrogens (tertiary/aromatic N) is 4. The average molecular weight is 701 g/mol. The fourth-order valence-electron chi connectivity index (χ4n) is 8.57. The maximum Gasteiger partial charge on any atom is 0.188 e. The summed E-state index contributed by atoms with van der Waals surface area (Å²) in [5.41, 5.74) is 13.7. The molecule has 0 bridgehead atoms. The smallest absolute Gasteiger partial charge is 0.188 e. The number of benzene rings is 8. The van der Waals surface area contributed by atoms with Crippen molar-refractivity contribution in [2.45, 2.75) is 0 Å². The van der Waals surface area contributed by atoms with E-state index in [0.717, 1.165) is 99.2 Å². The van der Waals surface area contributed by atoms with Gasteiger partial charge in [0.2, 0.25) is 0 Å². The van der Waals surface area contributed by atoms with Gasteiger partial charge in [-0.2, -0.15) is 5.26 Å². The van der Waals surface area contributed by atoms with E-state index < -0.39 is 0 Å². The fraction of sp³-hybridized carbons (Fsp3) is 0. The zero-order valence-electron chi connectivity index (χ0n) is 29.4. The van der Waals surface area contributed by atoms with Gasteiger partial charge >= 0.3 is 0 Å². The van der Waals surface area contributed by atoms with Gasteiger partial charge in [0.25, 0.3) is 0 Å². The first-order chi connectivity index (χ1) is 27.2. The van der Waals surface area contributed by atoms with Crippen LogP contribution in [0.15, 0.2) is 174 Å². The summed E-state index contributed by atoms with van der Waals surface area (Å²) in [7, 11) is 0. The minimum absolute atomic E-state index is 0.612. The molecule has 0 atom stereocenters. The van der Waals surface area contributed by atoms with Crippen molar-refractivity contribution in [3.05, 3.63) is 187 Å². The zero-order chi connectivity index (χ0) is 36.6. The average Bonchev–Trinajstić information content (AvgIpc) is 3.90. The van der Waals surface area contributed by atoms with Gasteiger partial charge < -0.3 is 13.6 Å². The van der Waals surface area contributed by atoms with E-state index in [0.29, 0.717) is 11.3 Å². The van der Waals surface area contributed by atoms with Crippen molar-refractivity contribution in [3.8, 4) is 39.7 Å². The molecule has 0 saturated heterocycles. The molecule has 0 aliphatic carbocycles. The van der Waals surface area contributed by atoms with Crippen LogP contribution in [0.1, 0.15) is 5.56 Å². The van der Waals surface area contributed by atoms with Crippen LogP contribution in [0.2, 0.25) is 0 Å². The minimum Gasteiger partial charge on any atom is -0.456 e. The Hall–Kier alpha value is -7.86. The Labute approximate surface area is 315 Å². The summed E-state index contributed by atoms with van der Waals surface area (Å²) in [6.45, 7) is 7.76. The number of furan rings is 1. The number of aromatic nitrogens is 2. The SMILES string of the molecule is [C-]#[N+]c1ccc2c(c1)c1ccc3oc4ccccc4c3c1n2-c1cccc(-c2ccccc2-c2cccc(-n3c4ccccc4c4cc(C#N)ccc43)c2)c1. The zero-order valence-corrected chi connectivity index (χ0v) is 29.4. The van der Waals surface area contributed by atoms with E-state index in [1.54, 1.807) is 0 Å². The van der Waals surface area contributed by atoms with Crippen LogP contribution in [0.3, 0.4) is 0 Å². The van der Waals surface area contributed by atoms with E-state index in [9.17, 15) is 5.26 Å². The molecule has 3 heterocycles. The van der Waals surface area contributed by atoms with Crippen molar-refractivity contribution in [3.63, 3.8) is 0 Å². The number of hydrogen-bond acceptors (Lipinski definition) is 2. The molecule has 11 rings (SSSR count). The van der Waals surface area contributed by atoms with Crippen LogP contribution in [-0.2, 0) is 0 Å². The number of hydrogen-bond donors (Lipinski definition) is 0. The molecule has 0 aliphatic heterocycles. The Balaban J connectivity index is 1.11. The number of rotatable bonds is 4. The molecule has 254 valence electrons. The lowest BCUT2D eigenvalue weighted by atomic mass is 9.94. The standard InChI is InChI=1S/C50H28N4O/c1-52-34-21-24-46-43(29-34)40-22-25-48-49(41-17-5-7-19-47(41)55-48)50(40)54(46)36-13-9-11-33(28-36)38-15-3-2-14-37(38)32-10-8-12-35(27-32)53-44-18-6-4-16-39(44)42-26-31(30-51)20-23-45(42)53/h2-29H. The molecule has 0 saturated carbocycles. The van der Waals surface area contributed by atoms with Crippen molar-refractivity contribution in [1.82, 2.24) is 9.13 Å². The molecule has 5 heteroatoms. The lowest BCUT2D eigenvalue weighted by molar-refractivity contribution is 0.669.